The van der Waals surface area contributed by atoms with Gasteiger partial charge in [-0.15, -0.1) is 46.2 Å². The highest BCUT2D eigenvalue weighted by Gasteiger charge is 2.56. The summed E-state index contributed by atoms with van der Waals surface area (Å²) in [6.45, 7) is 6.36. The molecule has 9 rings (SSSR count). The Bertz CT molecular complexity index is 4080. The number of likely N-dealkylation sites (tertiary alicyclic amines) is 1. The summed E-state index contributed by atoms with van der Waals surface area (Å²) in [6, 6.07) is 1.86. The number of oxime groups is 2. The smallest absolute Gasteiger partial charge is 0.352 e. The number of rotatable bonds is 28. The van der Waals surface area contributed by atoms with Gasteiger partial charge in [-0.3, -0.25) is 38.6 Å². The fourth-order valence-corrected chi connectivity index (χ4v) is 15.7. The second-order valence-electron chi connectivity index (χ2n) is 23.7. The highest BCUT2D eigenvalue weighted by atomic mass is 35.5. The number of hydrogen-bond donors (Lipinski definition) is 12. The lowest BCUT2D eigenvalue weighted by Crippen LogP contribution is -2.72. The maximum atomic E-state index is 14.7. The Morgan fingerprint density at radius 2 is 1.27 bits per heavy atom. The number of hydrogen-bond acceptors (Lipinski definition) is 27. The van der Waals surface area contributed by atoms with Gasteiger partial charge < -0.3 is 92.1 Å². The summed E-state index contributed by atoms with van der Waals surface area (Å²) in [7, 11) is 0. The maximum Gasteiger partial charge on any atom is 0.352 e. The largest absolute Gasteiger partial charge is 0.543 e. The molecule has 14 N–H and O–H groups in total. The number of nitrogens with two attached hydrogens (primary N) is 2. The Balaban J connectivity index is 0.903. The quantitative estimate of drug-likeness (QED) is 0.00955. The minimum absolute atomic E-state index is 0.00250. The van der Waals surface area contributed by atoms with Crippen LogP contribution in [0.4, 0.5) is 10.3 Å². The topological polar surface area (TPSA) is 502 Å². The molecule has 7 heterocycles. The number of thiazole rings is 2. The lowest BCUT2D eigenvalue weighted by atomic mass is 9.99. The SMILES string of the molecule is CC(C)(O/N=C(\C(=O)N[C@@H]1C(=O)N2C(C(=O)O)=C(Cc3sc(N)nc3/C(=N/OC(C)(C)C(=O)O)C(=O)N[C@@H]3C(=O)N4C(C(=O)[O-])=C(C[N+]5(CCCN(CCCNC(=O)c6ccc(O)c(O)c6Cl)C(=O)c6ccc(O)c(O)c6Cl)CCCC5)CS[C@H]34)CS[C@H]12)c1csc(N)n1)C(=O)O. The lowest BCUT2D eigenvalue weighted by Gasteiger charge is -2.51. The molecule has 4 atom stereocenters. The van der Waals surface area contributed by atoms with Crippen LogP contribution in [0.5, 0.6) is 23.0 Å². The zero-order valence-corrected chi connectivity index (χ0v) is 56.4. The molecule has 39 heteroatoms. The van der Waals surface area contributed by atoms with Crippen LogP contribution in [0.25, 0.3) is 0 Å². The van der Waals surface area contributed by atoms with Crippen molar-refractivity contribution in [1.29, 1.82) is 0 Å². The van der Waals surface area contributed by atoms with Gasteiger partial charge in [-0.1, -0.05) is 33.5 Å². The number of phenolic OH excluding ortho intramolecular Hbond substituents is 4. The fraction of sp³-hybridized carbons (Fsp3) is 0.414. The number of nitrogens with one attached hydrogen (secondary N) is 3. The van der Waals surface area contributed by atoms with Crippen molar-refractivity contribution in [2.75, 3.05) is 68.8 Å². The summed E-state index contributed by atoms with van der Waals surface area (Å²) in [6.07, 6.45) is 1.61. The van der Waals surface area contributed by atoms with Crippen molar-refractivity contribution >= 4 is 150 Å². The minimum Gasteiger partial charge on any atom is -0.543 e. The number of carbonyl (C=O) groups excluding carboxylic acids is 7. The molecule has 4 aromatic rings. The van der Waals surface area contributed by atoms with Crippen molar-refractivity contribution in [3.63, 3.8) is 0 Å². The normalized spacial score (nSPS) is 19.3. The second-order valence-corrected chi connectivity index (χ2v) is 28.7. The number of phenols is 4. The number of quaternary nitrogens is 1. The molecule has 0 saturated carbocycles. The van der Waals surface area contributed by atoms with Gasteiger partial charge >= 0.3 is 17.9 Å². The van der Waals surface area contributed by atoms with Gasteiger partial charge in [0.15, 0.2) is 44.7 Å². The highest BCUT2D eigenvalue weighted by Crippen LogP contribution is 2.45. The monoisotopic (exact) mass is 1460 g/mol. The van der Waals surface area contributed by atoms with E-state index in [-0.39, 0.29) is 98.8 Å². The first-order valence-electron chi connectivity index (χ1n) is 29.4. The number of carboxylic acid groups (broad SMARTS) is 4. The maximum absolute atomic E-state index is 14.7. The van der Waals surface area contributed by atoms with Crippen LogP contribution < -0.4 is 32.5 Å². The number of aromatic hydroxyl groups is 4. The van der Waals surface area contributed by atoms with Crippen molar-refractivity contribution < 1.29 is 103 Å². The van der Waals surface area contributed by atoms with Gasteiger partial charge in [0.25, 0.3) is 35.4 Å². The number of benzene rings is 2. The summed E-state index contributed by atoms with van der Waals surface area (Å²) < 4.78 is 0.330. The Kier molecular flexibility index (Phi) is 21.5. The number of halogens is 2. The number of carboxylic acids is 4. The highest BCUT2D eigenvalue weighted by molar-refractivity contribution is 8.00. The van der Waals surface area contributed by atoms with E-state index < -0.39 is 144 Å². The Morgan fingerprint density at radius 3 is 1.81 bits per heavy atom. The number of fused-ring (bicyclic) bond motifs is 2. The Morgan fingerprint density at radius 1 is 0.742 bits per heavy atom. The van der Waals surface area contributed by atoms with Gasteiger partial charge in [-0.05, 0) is 64.0 Å². The van der Waals surface area contributed by atoms with Gasteiger partial charge in [0, 0.05) is 72.7 Å². The number of β-lactam (4-membered cyclic amide) rings is 2. The number of aliphatic carboxylic acids is 4. The molecule has 0 spiro atoms. The fourth-order valence-electron chi connectivity index (χ4n) is 11.1. The number of amides is 6. The van der Waals surface area contributed by atoms with E-state index in [0.717, 1.165) is 94.8 Å². The summed E-state index contributed by atoms with van der Waals surface area (Å²) in [5.74, 6) is -14.1. The van der Waals surface area contributed by atoms with Gasteiger partial charge in [0.2, 0.25) is 11.2 Å². The average molecular weight is 1460 g/mol. The van der Waals surface area contributed by atoms with Crippen molar-refractivity contribution in [3.8, 4) is 23.0 Å². The van der Waals surface area contributed by atoms with Crippen LogP contribution in [0.3, 0.4) is 0 Å². The first-order valence-corrected chi connectivity index (χ1v) is 33.9. The molecule has 518 valence electrons. The van der Waals surface area contributed by atoms with Crippen LogP contribution in [0.2, 0.25) is 10.0 Å². The molecular formula is C58H63Cl2N13O20S4. The van der Waals surface area contributed by atoms with Crippen LogP contribution >= 0.6 is 69.4 Å². The Labute approximate surface area is 576 Å². The first kappa shape index (κ1) is 72.1. The third-order valence-corrected chi connectivity index (χ3v) is 21.3. The van der Waals surface area contributed by atoms with Crippen LogP contribution in [0.15, 0.2) is 62.5 Å². The van der Waals surface area contributed by atoms with E-state index >= 15 is 0 Å². The summed E-state index contributed by atoms with van der Waals surface area (Å²) in [5.41, 5.74) is 5.53. The molecule has 0 unspecified atom stereocenters. The van der Waals surface area contributed by atoms with Crippen LogP contribution in [-0.2, 0) is 54.5 Å². The molecule has 5 aliphatic heterocycles. The van der Waals surface area contributed by atoms with E-state index in [4.69, 9.17) is 44.3 Å². The molecule has 2 aromatic carbocycles. The second kappa shape index (κ2) is 28.9. The molecule has 0 radical (unpaired) electrons. The van der Waals surface area contributed by atoms with E-state index in [1.165, 1.54) is 36.3 Å². The van der Waals surface area contributed by atoms with Crippen molar-refractivity contribution in [2.24, 2.45) is 10.3 Å². The van der Waals surface area contributed by atoms with Crippen LogP contribution in [0.1, 0.15) is 90.4 Å². The van der Waals surface area contributed by atoms with E-state index in [0.29, 0.717) is 36.1 Å². The first-order chi connectivity index (χ1) is 45.7. The minimum atomic E-state index is -2.10. The molecule has 3 fully saturated rings. The number of carbonyl (C=O) groups is 10. The number of nitrogen functional groups attached to an aromatic ring is 2. The standard InChI is InChI=1S/C58H63Cl2N13O20S4/c1-57(2,53(88)89)92-68-34(28-23-96-55(61)64-28)44(79)65-37-47(82)71-39(51(84)85)24(21-94-49(37)71)19-31-35(67-56(62)97-31)36(69-93-58(3,4)54(90)91)45(80)66-38-48(83)72-40(52(86)87)25(22-95-50(38)72)20-73(16-5-6-17-73)18-8-15-70(46(81)27-10-12-30(75)42(77)33(27)60)14-7-13-63-43(78)26-9-11-29(74)41(76)32(26)59/h9-12,23,37-38,49-50H,5-8,13-22H2,1-4H3,(H14-,61,62,63,64,65,66,67,68,69,74,75,76,77,78,79,80,81,84,85,86,87,88,89,90,91)/t37-,38-,49-,50-/m1/s1. The molecule has 0 bridgehead atoms. The van der Waals surface area contributed by atoms with Crippen LogP contribution in [-0.4, -0.2) is 227 Å². The summed E-state index contributed by atoms with van der Waals surface area (Å²) >= 11 is 16.3. The molecule has 3 saturated heterocycles. The molecule has 5 aliphatic rings. The third-order valence-electron chi connectivity index (χ3n) is 16.3. The number of nitrogens with zero attached hydrogens (tertiary/aromatic N) is 8. The third kappa shape index (κ3) is 15.1. The average Bonchev–Trinajstić information content (AvgIpc) is 1.73. The zero-order chi connectivity index (χ0) is 70.9. The predicted molar refractivity (Wildman–Crippen MR) is 348 cm³/mol. The molecule has 0 aliphatic carbocycles. The van der Waals surface area contributed by atoms with E-state index in [2.05, 4.69) is 36.2 Å². The van der Waals surface area contributed by atoms with E-state index in [9.17, 15) is 88.8 Å². The van der Waals surface area contributed by atoms with Gasteiger partial charge in [0.1, 0.15) is 46.5 Å². The van der Waals surface area contributed by atoms with Gasteiger partial charge in [-0.2, -0.15) is 0 Å². The molecular weight excluding hydrogens is 1400 g/mol. The summed E-state index contributed by atoms with van der Waals surface area (Å²) in [5, 5.41) is 97.4. The number of aromatic nitrogens is 2. The lowest BCUT2D eigenvalue weighted by molar-refractivity contribution is -0.912. The van der Waals surface area contributed by atoms with Crippen molar-refractivity contribution in [1.82, 2.24) is 40.6 Å². The zero-order valence-electron chi connectivity index (χ0n) is 51.7. The van der Waals surface area contributed by atoms with E-state index in [1.54, 1.807) is 0 Å². The number of thioether (sulfide) groups is 2. The van der Waals surface area contributed by atoms with Crippen molar-refractivity contribution in [2.45, 2.75) is 93.8 Å². The molecule has 97 heavy (non-hydrogen) atoms. The summed E-state index contributed by atoms with van der Waals surface area (Å²) in [4.78, 5) is 156. The number of anilines is 2. The van der Waals surface area contributed by atoms with E-state index in [1.807, 2.05) is 0 Å². The van der Waals surface area contributed by atoms with Crippen molar-refractivity contribution in [3.05, 3.63) is 89.6 Å². The predicted octanol–water partition coefficient (Wildman–Crippen LogP) is 1.41. The molecule has 2 aromatic heterocycles. The van der Waals surface area contributed by atoms with Gasteiger partial charge in [-0.25, -0.2) is 24.4 Å². The Hall–Kier alpha value is -9.14. The molecule has 33 nitrogen and oxygen atoms in total. The molecule has 6 amide bonds. The van der Waals surface area contributed by atoms with Crippen LogP contribution in [0, 0.1) is 0 Å². The van der Waals surface area contributed by atoms with Gasteiger partial charge in [0.05, 0.1) is 52.5 Å².